The summed E-state index contributed by atoms with van der Waals surface area (Å²) in [5, 5.41) is 0. The average molecular weight is 390 g/mol. The van der Waals surface area contributed by atoms with E-state index in [1.807, 2.05) is 0 Å². The zero-order valence-electron chi connectivity index (χ0n) is 14.7. The molecule has 2 aromatic rings. The van der Waals surface area contributed by atoms with Crippen LogP contribution in [0.15, 0.2) is 48.8 Å². The molecule has 1 unspecified atom stereocenters. The first-order valence-electron chi connectivity index (χ1n) is 8.31. The van der Waals surface area contributed by atoms with E-state index in [9.17, 15) is 0 Å². The van der Waals surface area contributed by atoms with Crippen molar-refractivity contribution >= 4 is 5.69 Å². The van der Waals surface area contributed by atoms with Gasteiger partial charge in [-0.25, -0.2) is 0 Å². The smallest absolute Gasteiger partial charge is 0.0709 e. The molecule has 119 valence electrons. The molecule has 0 N–H and O–H groups in total. The van der Waals surface area contributed by atoms with E-state index < -0.39 is 0 Å². The molecule has 3 aliphatic rings. The van der Waals surface area contributed by atoms with E-state index in [1.165, 1.54) is 39.4 Å². The normalized spacial score (nSPS) is 21.3. The fourth-order valence-corrected chi connectivity index (χ4v) is 4.67. The van der Waals surface area contributed by atoms with Gasteiger partial charge in [0.25, 0.3) is 0 Å². The topological polar surface area (TPSA) is 6.48 Å². The van der Waals surface area contributed by atoms with E-state index in [2.05, 4.69) is 86.4 Å². The Kier molecular flexibility index (Phi) is 3.47. The third-order valence-electron chi connectivity index (χ3n) is 5.90. The van der Waals surface area contributed by atoms with Crippen molar-refractivity contribution < 1.29 is 32.7 Å². The molecule has 0 aromatic heterocycles. The predicted molar refractivity (Wildman–Crippen MR) is 95.2 cm³/mol. The summed E-state index contributed by atoms with van der Waals surface area (Å²) in [6, 6.07) is 13.7. The molecule has 2 nitrogen and oxygen atoms in total. The SMILES string of the molecule is C[C-]1c2cc3c(cc2N2C=CN(C)C12)C(C)(C)c1ccccc1-3.[Y]. The minimum absolute atomic E-state index is 0. The Labute approximate surface area is 169 Å². The first kappa shape index (κ1) is 16.2. The summed E-state index contributed by atoms with van der Waals surface area (Å²) in [5.74, 6) is 1.44. The Morgan fingerprint density at radius 3 is 2.54 bits per heavy atom. The maximum Gasteiger partial charge on any atom is 0.0709 e. The van der Waals surface area contributed by atoms with Crippen molar-refractivity contribution in [1.29, 1.82) is 0 Å². The molecule has 0 saturated heterocycles. The summed E-state index contributed by atoms with van der Waals surface area (Å²) in [6.45, 7) is 6.96. The third-order valence-corrected chi connectivity index (χ3v) is 5.90. The number of anilines is 1. The molecule has 1 aliphatic carbocycles. The number of rotatable bonds is 0. The van der Waals surface area contributed by atoms with Gasteiger partial charge in [0.2, 0.25) is 0 Å². The summed E-state index contributed by atoms with van der Waals surface area (Å²) in [6.07, 6.45) is 4.73. The zero-order valence-corrected chi connectivity index (χ0v) is 17.5. The van der Waals surface area contributed by atoms with Crippen molar-refractivity contribution in [3.8, 4) is 11.1 Å². The van der Waals surface area contributed by atoms with Crippen molar-refractivity contribution in [2.24, 2.45) is 0 Å². The van der Waals surface area contributed by atoms with Gasteiger partial charge in [-0.05, 0) is 11.1 Å². The van der Waals surface area contributed by atoms with Gasteiger partial charge in [-0.3, -0.25) is 0 Å². The molecule has 0 fully saturated rings. The van der Waals surface area contributed by atoms with E-state index in [0.29, 0.717) is 6.17 Å². The molecule has 0 spiro atoms. The Morgan fingerprint density at radius 1 is 1.00 bits per heavy atom. The van der Waals surface area contributed by atoms with Crippen LogP contribution in [0.1, 0.15) is 37.5 Å². The number of hydrogen-bond acceptors (Lipinski definition) is 2. The van der Waals surface area contributed by atoms with Gasteiger partial charge in [-0.15, -0.1) is 5.92 Å². The first-order valence-corrected chi connectivity index (χ1v) is 8.31. The van der Waals surface area contributed by atoms with Crippen molar-refractivity contribution in [1.82, 2.24) is 4.90 Å². The van der Waals surface area contributed by atoms with Crippen molar-refractivity contribution in [3.63, 3.8) is 0 Å². The number of benzene rings is 2. The van der Waals surface area contributed by atoms with Crippen LogP contribution in [-0.2, 0) is 38.1 Å². The Balaban J connectivity index is 0.00000146. The number of hydrogen-bond donors (Lipinski definition) is 0. The predicted octanol–water partition coefficient (Wildman–Crippen LogP) is 4.50. The average Bonchev–Trinajstić information content (AvgIpc) is 3.12. The summed E-state index contributed by atoms with van der Waals surface area (Å²) in [7, 11) is 2.16. The quantitative estimate of drug-likeness (QED) is 0.612. The number of likely N-dealkylation sites (N-methyl/N-ethyl adjacent to an activating group) is 1. The fourth-order valence-electron chi connectivity index (χ4n) is 4.67. The second kappa shape index (κ2) is 5.13. The van der Waals surface area contributed by atoms with Crippen LogP contribution in [0.5, 0.6) is 0 Å². The van der Waals surface area contributed by atoms with Gasteiger partial charge < -0.3 is 9.80 Å². The summed E-state index contributed by atoms with van der Waals surface area (Å²) in [5.41, 5.74) is 8.54. The molecule has 2 aliphatic heterocycles. The molecule has 3 heteroatoms. The summed E-state index contributed by atoms with van der Waals surface area (Å²) >= 11 is 0. The van der Waals surface area contributed by atoms with Crippen molar-refractivity contribution in [3.05, 3.63) is 71.4 Å². The molecule has 2 aromatic carbocycles. The minimum Gasteiger partial charge on any atom is -0.386 e. The van der Waals surface area contributed by atoms with Gasteiger partial charge in [0.1, 0.15) is 0 Å². The molecule has 24 heavy (non-hydrogen) atoms. The minimum atomic E-state index is 0. The van der Waals surface area contributed by atoms with Crippen LogP contribution in [0.3, 0.4) is 0 Å². The molecule has 0 amide bonds. The van der Waals surface area contributed by atoms with Crippen LogP contribution in [0.4, 0.5) is 5.69 Å². The van der Waals surface area contributed by atoms with E-state index in [1.54, 1.807) is 0 Å². The van der Waals surface area contributed by atoms with Crippen molar-refractivity contribution in [2.75, 3.05) is 11.9 Å². The Morgan fingerprint density at radius 2 is 1.75 bits per heavy atom. The fraction of sp³-hybridized carbons (Fsp3) is 0.286. The molecule has 0 saturated carbocycles. The maximum absolute atomic E-state index is 2.43. The van der Waals surface area contributed by atoms with Gasteiger partial charge in [-0.1, -0.05) is 67.9 Å². The molecule has 2 heterocycles. The van der Waals surface area contributed by atoms with E-state index >= 15 is 0 Å². The molecule has 0 bridgehead atoms. The number of fused-ring (bicyclic) bond motifs is 6. The van der Waals surface area contributed by atoms with Crippen LogP contribution in [-0.4, -0.2) is 18.1 Å². The summed E-state index contributed by atoms with van der Waals surface area (Å²) < 4.78 is 0. The van der Waals surface area contributed by atoms with Crippen LogP contribution in [0.2, 0.25) is 0 Å². The third kappa shape index (κ3) is 1.82. The van der Waals surface area contributed by atoms with Crippen LogP contribution >= 0.6 is 0 Å². The molecular formula is C21H21N2Y-. The van der Waals surface area contributed by atoms with Gasteiger partial charge >= 0.3 is 0 Å². The monoisotopic (exact) mass is 390 g/mol. The van der Waals surface area contributed by atoms with Gasteiger partial charge in [-0.2, -0.15) is 11.6 Å². The van der Waals surface area contributed by atoms with Gasteiger partial charge in [0.15, 0.2) is 0 Å². The largest absolute Gasteiger partial charge is 0.386 e. The van der Waals surface area contributed by atoms with Crippen molar-refractivity contribution in [2.45, 2.75) is 32.4 Å². The molecule has 1 atom stereocenters. The van der Waals surface area contributed by atoms with E-state index in [4.69, 9.17) is 0 Å². The van der Waals surface area contributed by atoms with Gasteiger partial charge in [0.05, 0.1) is 6.17 Å². The Hall–Kier alpha value is -1.25. The molecular weight excluding hydrogens is 369 g/mol. The second-order valence-electron chi connectivity index (χ2n) is 7.51. The molecule has 5 rings (SSSR count). The maximum atomic E-state index is 2.43. The van der Waals surface area contributed by atoms with Crippen LogP contribution in [0.25, 0.3) is 11.1 Å². The zero-order chi connectivity index (χ0) is 15.9. The van der Waals surface area contributed by atoms with Crippen LogP contribution < -0.4 is 4.90 Å². The second-order valence-corrected chi connectivity index (χ2v) is 7.51. The van der Waals surface area contributed by atoms with Crippen LogP contribution in [0, 0.1) is 5.92 Å². The Bertz CT molecular complexity index is 868. The first-order chi connectivity index (χ1) is 11.0. The number of nitrogens with zero attached hydrogens (tertiary/aromatic N) is 2. The standard InChI is InChI=1S/C21H21N2.Y/c1-13-15-11-16-14-7-5-6-8-17(14)21(2,3)18(16)12-19(15)23-10-9-22(4)20(13)23;/h5-12,20H,1-4H3;/q-1;. The summed E-state index contributed by atoms with van der Waals surface area (Å²) in [4.78, 5) is 4.70. The van der Waals surface area contributed by atoms with Gasteiger partial charge in [0, 0.05) is 57.6 Å². The van der Waals surface area contributed by atoms with E-state index in [-0.39, 0.29) is 38.1 Å². The molecule has 1 radical (unpaired) electrons. The van der Waals surface area contributed by atoms with E-state index in [0.717, 1.165) is 0 Å².